The number of halogens is 1. The van der Waals surface area contributed by atoms with Crippen LogP contribution in [0.5, 0.6) is 0 Å². The third kappa shape index (κ3) is 3.73. The van der Waals surface area contributed by atoms with Crippen LogP contribution in [0.1, 0.15) is 0 Å². The first kappa shape index (κ1) is 15.8. The number of nitrogen functional groups attached to an aromatic ring is 2. The van der Waals surface area contributed by atoms with Crippen molar-refractivity contribution < 1.29 is 4.74 Å². The molecule has 0 saturated carbocycles. The molecule has 0 aliphatic heterocycles. The summed E-state index contributed by atoms with van der Waals surface area (Å²) < 4.78 is 6.25. The van der Waals surface area contributed by atoms with E-state index >= 15 is 0 Å². The fraction of sp³-hybridized carbons (Fsp3) is 0.286. The van der Waals surface area contributed by atoms with Gasteiger partial charge in [0.25, 0.3) is 0 Å². The van der Waals surface area contributed by atoms with Crippen molar-refractivity contribution >= 4 is 40.0 Å². The lowest BCUT2D eigenvalue weighted by Gasteiger charge is -2.23. The Labute approximate surface area is 137 Å². The van der Waals surface area contributed by atoms with Gasteiger partial charge in [-0.15, -0.1) is 0 Å². The summed E-state index contributed by atoms with van der Waals surface area (Å²) in [7, 11) is 3.70. The van der Waals surface area contributed by atoms with E-state index in [0.29, 0.717) is 12.4 Å². The molecular weight excluding hydrogens is 381 g/mol. The molecule has 0 bridgehead atoms. The monoisotopic (exact) mass is 399 g/mol. The fourth-order valence-corrected chi connectivity index (χ4v) is 2.51. The summed E-state index contributed by atoms with van der Waals surface area (Å²) in [5.74, 6) is 0.557. The molecule has 1 aromatic carbocycles. The topological polar surface area (TPSA) is 90.3 Å². The summed E-state index contributed by atoms with van der Waals surface area (Å²) >= 11 is 2.27. The summed E-state index contributed by atoms with van der Waals surface area (Å²) in [6.45, 7) is 1.43. The average molecular weight is 399 g/mol. The van der Waals surface area contributed by atoms with Crippen molar-refractivity contribution in [2.45, 2.75) is 0 Å². The number of rotatable bonds is 5. The van der Waals surface area contributed by atoms with Gasteiger partial charge in [-0.3, -0.25) is 0 Å². The second-order valence-corrected chi connectivity index (χ2v) is 5.85. The normalized spacial score (nSPS) is 10.6. The van der Waals surface area contributed by atoms with Crippen LogP contribution in [0.3, 0.4) is 0 Å². The van der Waals surface area contributed by atoms with Crippen LogP contribution in [0.25, 0.3) is 11.1 Å². The number of nitrogens with zero attached hydrogens (tertiary/aromatic N) is 3. The van der Waals surface area contributed by atoms with Crippen molar-refractivity contribution in [2.75, 3.05) is 43.7 Å². The van der Waals surface area contributed by atoms with Gasteiger partial charge in [0.2, 0.25) is 5.95 Å². The van der Waals surface area contributed by atoms with Crippen molar-refractivity contribution in [3.05, 3.63) is 28.0 Å². The Morgan fingerprint density at radius 1 is 1.29 bits per heavy atom. The minimum atomic E-state index is 0.177. The summed E-state index contributed by atoms with van der Waals surface area (Å²) in [5.41, 5.74) is 14.4. The van der Waals surface area contributed by atoms with E-state index in [1.165, 1.54) is 0 Å². The molecular formula is C14H18IN5O. The van der Waals surface area contributed by atoms with E-state index in [-0.39, 0.29) is 5.95 Å². The molecule has 1 aromatic heterocycles. The van der Waals surface area contributed by atoms with Crippen molar-refractivity contribution in [3.8, 4) is 11.1 Å². The molecule has 0 amide bonds. The minimum Gasteiger partial charge on any atom is -0.383 e. The first-order valence-corrected chi connectivity index (χ1v) is 7.48. The van der Waals surface area contributed by atoms with Crippen LogP contribution in [0.4, 0.5) is 17.5 Å². The van der Waals surface area contributed by atoms with E-state index in [1.807, 2.05) is 7.05 Å². The number of nitrogens with two attached hydrogens (primary N) is 2. The Hall–Kier alpha value is -1.61. The number of hydrogen-bond donors (Lipinski definition) is 2. The molecule has 4 N–H and O–H groups in total. The minimum absolute atomic E-state index is 0.177. The highest BCUT2D eigenvalue weighted by Gasteiger charge is 2.14. The van der Waals surface area contributed by atoms with Gasteiger partial charge in [0, 0.05) is 47.3 Å². The van der Waals surface area contributed by atoms with Crippen molar-refractivity contribution in [3.63, 3.8) is 0 Å². The van der Waals surface area contributed by atoms with Crippen molar-refractivity contribution in [1.82, 2.24) is 9.97 Å². The summed E-state index contributed by atoms with van der Waals surface area (Å²) in [6.07, 6.45) is 1.66. The molecule has 112 valence electrons. The maximum Gasteiger partial charge on any atom is 0.221 e. The third-order valence-corrected chi connectivity index (χ3v) is 3.80. The van der Waals surface area contributed by atoms with E-state index in [2.05, 4.69) is 55.7 Å². The molecule has 0 aliphatic rings. The molecule has 0 spiro atoms. The smallest absolute Gasteiger partial charge is 0.221 e. The number of benzene rings is 1. The number of hydrogen-bond acceptors (Lipinski definition) is 6. The van der Waals surface area contributed by atoms with Crippen LogP contribution in [-0.4, -0.2) is 37.3 Å². The van der Waals surface area contributed by atoms with Crippen LogP contribution in [0, 0.1) is 3.57 Å². The fourth-order valence-electron chi connectivity index (χ4n) is 2.02. The Kier molecular flexibility index (Phi) is 5.18. The molecule has 0 radical (unpaired) electrons. The van der Waals surface area contributed by atoms with Crippen LogP contribution >= 0.6 is 22.6 Å². The van der Waals surface area contributed by atoms with Gasteiger partial charge >= 0.3 is 0 Å². The molecule has 0 unspecified atom stereocenters. The van der Waals surface area contributed by atoms with Gasteiger partial charge in [-0.05, 0) is 40.8 Å². The lowest BCUT2D eigenvalue weighted by Crippen LogP contribution is -2.22. The second kappa shape index (κ2) is 6.90. The molecule has 21 heavy (non-hydrogen) atoms. The van der Waals surface area contributed by atoms with E-state index in [4.69, 9.17) is 16.2 Å². The van der Waals surface area contributed by atoms with Crippen LogP contribution in [0.15, 0.2) is 24.4 Å². The van der Waals surface area contributed by atoms with Crippen LogP contribution < -0.4 is 16.4 Å². The number of methoxy groups -OCH3 is 1. The molecule has 7 heteroatoms. The van der Waals surface area contributed by atoms with Gasteiger partial charge in [-0.1, -0.05) is 0 Å². The maximum absolute atomic E-state index is 6.00. The Balaban J connectivity index is 2.48. The standard InChI is InChI=1S/C14H18IN5O/c1-20(5-6-21-2)12-4-3-9(15)7-10(12)11-8-18-14(17)19-13(11)16/h3-4,7-8H,5-6H2,1-2H3,(H4,16,17,18,19). The van der Waals surface area contributed by atoms with E-state index < -0.39 is 0 Å². The molecule has 0 saturated heterocycles. The zero-order chi connectivity index (χ0) is 15.4. The summed E-state index contributed by atoms with van der Waals surface area (Å²) in [5, 5.41) is 0. The van der Waals surface area contributed by atoms with Crippen molar-refractivity contribution in [2.24, 2.45) is 0 Å². The largest absolute Gasteiger partial charge is 0.383 e. The molecule has 0 fully saturated rings. The van der Waals surface area contributed by atoms with Crippen molar-refractivity contribution in [1.29, 1.82) is 0 Å². The van der Waals surface area contributed by atoms with Gasteiger partial charge < -0.3 is 21.1 Å². The Bertz CT molecular complexity index is 635. The lowest BCUT2D eigenvalue weighted by molar-refractivity contribution is 0.206. The quantitative estimate of drug-likeness (QED) is 0.748. The molecule has 6 nitrogen and oxygen atoms in total. The highest BCUT2D eigenvalue weighted by molar-refractivity contribution is 14.1. The zero-order valence-corrected chi connectivity index (χ0v) is 14.2. The summed E-state index contributed by atoms with van der Waals surface area (Å²) in [6, 6.07) is 6.17. The van der Waals surface area contributed by atoms with E-state index in [0.717, 1.165) is 26.9 Å². The van der Waals surface area contributed by atoms with E-state index in [9.17, 15) is 0 Å². The van der Waals surface area contributed by atoms with Crippen LogP contribution in [-0.2, 0) is 4.74 Å². The Morgan fingerprint density at radius 3 is 2.71 bits per heavy atom. The van der Waals surface area contributed by atoms with Gasteiger partial charge in [0.05, 0.1) is 6.61 Å². The van der Waals surface area contributed by atoms with Gasteiger partial charge in [-0.25, -0.2) is 4.98 Å². The maximum atomic E-state index is 6.00. The summed E-state index contributed by atoms with van der Waals surface area (Å²) in [4.78, 5) is 10.2. The molecule has 2 rings (SSSR count). The number of ether oxygens (including phenoxy) is 1. The van der Waals surface area contributed by atoms with Gasteiger partial charge in [0.15, 0.2) is 0 Å². The third-order valence-electron chi connectivity index (χ3n) is 3.13. The number of aromatic nitrogens is 2. The number of likely N-dealkylation sites (N-methyl/N-ethyl adjacent to an activating group) is 1. The first-order chi connectivity index (χ1) is 10.0. The highest BCUT2D eigenvalue weighted by Crippen LogP contribution is 2.34. The van der Waals surface area contributed by atoms with Crippen LogP contribution in [0.2, 0.25) is 0 Å². The Morgan fingerprint density at radius 2 is 2.05 bits per heavy atom. The predicted molar refractivity (Wildman–Crippen MR) is 94.2 cm³/mol. The second-order valence-electron chi connectivity index (χ2n) is 4.60. The average Bonchev–Trinajstić information content (AvgIpc) is 2.44. The molecule has 1 heterocycles. The number of anilines is 3. The zero-order valence-electron chi connectivity index (χ0n) is 12.0. The van der Waals surface area contributed by atoms with Gasteiger partial charge in [-0.2, -0.15) is 4.98 Å². The lowest BCUT2D eigenvalue weighted by atomic mass is 10.1. The molecule has 2 aromatic rings. The highest BCUT2D eigenvalue weighted by atomic mass is 127. The first-order valence-electron chi connectivity index (χ1n) is 6.41. The predicted octanol–water partition coefficient (Wildman–Crippen LogP) is 2.00. The molecule has 0 atom stereocenters. The van der Waals surface area contributed by atoms with Gasteiger partial charge in [0.1, 0.15) is 5.82 Å². The molecule has 0 aliphatic carbocycles. The van der Waals surface area contributed by atoms with E-state index in [1.54, 1.807) is 13.3 Å². The SMILES string of the molecule is COCCN(C)c1ccc(I)cc1-c1cnc(N)nc1N.